The van der Waals surface area contributed by atoms with Crippen molar-refractivity contribution in [2.24, 2.45) is 0 Å². The average Bonchev–Trinajstić information content (AvgIpc) is 2.52. The van der Waals surface area contributed by atoms with Crippen molar-refractivity contribution in [2.45, 2.75) is 19.2 Å². The van der Waals surface area contributed by atoms with Crippen LogP contribution >= 0.6 is 0 Å². The Morgan fingerprint density at radius 3 is 2.57 bits per heavy atom. The van der Waals surface area contributed by atoms with E-state index in [1.54, 1.807) is 37.5 Å². The molecule has 0 aliphatic heterocycles. The highest BCUT2D eigenvalue weighted by Crippen LogP contribution is 2.38. The predicted octanol–water partition coefficient (Wildman–Crippen LogP) is 4.20. The van der Waals surface area contributed by atoms with E-state index in [2.05, 4.69) is 9.97 Å². The molecular formula is C17H13F3N2O. The van der Waals surface area contributed by atoms with Crippen molar-refractivity contribution in [2.75, 3.05) is 0 Å². The molecule has 23 heavy (non-hydrogen) atoms. The Balaban J connectivity index is 2.21. The first kappa shape index (κ1) is 15.4. The molecule has 0 saturated heterocycles. The van der Waals surface area contributed by atoms with Gasteiger partial charge in [0.1, 0.15) is 0 Å². The molecule has 0 bridgehead atoms. The number of halogens is 3. The van der Waals surface area contributed by atoms with Gasteiger partial charge in [0.05, 0.1) is 5.69 Å². The number of aromatic nitrogens is 2. The molecule has 6 heteroatoms. The van der Waals surface area contributed by atoms with Crippen LogP contribution in [0.1, 0.15) is 17.4 Å². The van der Waals surface area contributed by atoms with Crippen molar-refractivity contribution in [3.8, 4) is 11.1 Å². The lowest BCUT2D eigenvalue weighted by Crippen LogP contribution is -2.22. The maximum Gasteiger partial charge on any atom is 0.420 e. The SMILES string of the molecule is Cc1ccnc([C@H](O)C(F)(F)F)c1-c1ccc2ccncc2c1. The number of aryl methyl sites for hydroxylation is 1. The molecular weight excluding hydrogens is 305 g/mol. The van der Waals surface area contributed by atoms with Gasteiger partial charge in [-0.25, -0.2) is 0 Å². The smallest absolute Gasteiger partial charge is 0.378 e. The maximum atomic E-state index is 12.9. The van der Waals surface area contributed by atoms with Gasteiger partial charge in [0.15, 0.2) is 6.10 Å². The fourth-order valence-corrected chi connectivity index (χ4v) is 2.56. The second kappa shape index (κ2) is 5.62. The van der Waals surface area contributed by atoms with Crippen LogP contribution in [0.15, 0.2) is 48.9 Å². The second-order valence-corrected chi connectivity index (χ2v) is 5.27. The van der Waals surface area contributed by atoms with Crippen LogP contribution in [0.25, 0.3) is 21.9 Å². The van der Waals surface area contributed by atoms with Gasteiger partial charge in [0, 0.05) is 29.5 Å². The maximum absolute atomic E-state index is 12.9. The number of hydrogen-bond donors (Lipinski definition) is 1. The molecule has 0 amide bonds. The number of fused-ring (bicyclic) bond motifs is 1. The normalized spacial score (nSPS) is 13.3. The Morgan fingerprint density at radius 1 is 1.04 bits per heavy atom. The van der Waals surface area contributed by atoms with Crippen molar-refractivity contribution in [1.82, 2.24) is 9.97 Å². The number of pyridine rings is 2. The Hall–Kier alpha value is -2.47. The van der Waals surface area contributed by atoms with E-state index in [1.165, 1.54) is 6.20 Å². The zero-order chi connectivity index (χ0) is 16.6. The summed E-state index contributed by atoms with van der Waals surface area (Å²) in [6.45, 7) is 1.69. The van der Waals surface area contributed by atoms with Gasteiger partial charge < -0.3 is 5.11 Å². The first-order chi connectivity index (χ1) is 10.9. The summed E-state index contributed by atoms with van der Waals surface area (Å²) < 4.78 is 38.7. The van der Waals surface area contributed by atoms with Gasteiger partial charge in [-0.05, 0) is 41.6 Å². The number of hydrogen-bond acceptors (Lipinski definition) is 3. The van der Waals surface area contributed by atoms with E-state index >= 15 is 0 Å². The molecule has 1 aromatic carbocycles. The van der Waals surface area contributed by atoms with Gasteiger partial charge >= 0.3 is 6.18 Å². The van der Waals surface area contributed by atoms with Gasteiger partial charge in [-0.3, -0.25) is 9.97 Å². The summed E-state index contributed by atoms with van der Waals surface area (Å²) in [5.41, 5.74) is 1.08. The highest BCUT2D eigenvalue weighted by molar-refractivity contribution is 5.87. The molecule has 0 saturated carbocycles. The van der Waals surface area contributed by atoms with Gasteiger partial charge in [0.2, 0.25) is 0 Å². The third-order valence-corrected chi connectivity index (χ3v) is 3.69. The minimum atomic E-state index is -4.77. The largest absolute Gasteiger partial charge is 0.420 e. The van der Waals surface area contributed by atoms with Gasteiger partial charge in [-0.1, -0.05) is 12.1 Å². The van der Waals surface area contributed by atoms with Crippen LogP contribution in [0, 0.1) is 6.92 Å². The Bertz CT molecular complexity index is 862. The number of nitrogens with zero attached hydrogens (tertiary/aromatic N) is 2. The molecule has 2 aromatic heterocycles. The van der Waals surface area contributed by atoms with Crippen molar-refractivity contribution < 1.29 is 18.3 Å². The molecule has 0 aliphatic rings. The molecule has 0 radical (unpaired) electrons. The number of aliphatic hydroxyl groups excluding tert-OH is 1. The molecule has 1 atom stereocenters. The van der Waals surface area contributed by atoms with Crippen molar-refractivity contribution in [1.29, 1.82) is 0 Å². The highest BCUT2D eigenvalue weighted by Gasteiger charge is 2.41. The van der Waals surface area contributed by atoms with Crippen molar-refractivity contribution in [3.63, 3.8) is 0 Å². The summed E-state index contributed by atoms with van der Waals surface area (Å²) in [6.07, 6.45) is -2.83. The fourth-order valence-electron chi connectivity index (χ4n) is 2.56. The number of aliphatic hydroxyl groups is 1. The zero-order valence-electron chi connectivity index (χ0n) is 12.2. The van der Waals surface area contributed by atoms with Crippen LogP contribution in [-0.4, -0.2) is 21.3 Å². The minimum Gasteiger partial charge on any atom is -0.378 e. The van der Waals surface area contributed by atoms with Crippen LogP contribution in [0.3, 0.4) is 0 Å². The van der Waals surface area contributed by atoms with E-state index in [4.69, 9.17) is 0 Å². The Labute approximate surface area is 130 Å². The summed E-state index contributed by atoms with van der Waals surface area (Å²) >= 11 is 0. The first-order valence-corrected chi connectivity index (χ1v) is 6.92. The standard InChI is InChI=1S/C17H13F3N2O/c1-10-4-7-22-15(16(23)17(18,19)20)14(10)12-3-2-11-5-6-21-9-13(11)8-12/h2-9,16,23H,1H3/t16-/m0/s1. The topological polar surface area (TPSA) is 46.0 Å². The molecule has 3 aromatic rings. The van der Waals surface area contributed by atoms with Crippen LogP contribution in [0.5, 0.6) is 0 Å². The summed E-state index contributed by atoms with van der Waals surface area (Å²) in [5, 5.41) is 11.4. The molecule has 3 nitrogen and oxygen atoms in total. The molecule has 3 rings (SSSR count). The average molecular weight is 318 g/mol. The third kappa shape index (κ3) is 2.90. The Kier molecular flexibility index (Phi) is 3.77. The quantitative estimate of drug-likeness (QED) is 0.770. The molecule has 118 valence electrons. The van der Waals surface area contributed by atoms with Crippen molar-refractivity contribution >= 4 is 10.8 Å². The third-order valence-electron chi connectivity index (χ3n) is 3.69. The lowest BCUT2D eigenvalue weighted by Gasteiger charge is -2.19. The number of rotatable bonds is 2. The highest BCUT2D eigenvalue weighted by atomic mass is 19.4. The molecule has 0 unspecified atom stereocenters. The summed E-state index contributed by atoms with van der Waals surface area (Å²) in [7, 11) is 0. The first-order valence-electron chi connectivity index (χ1n) is 6.92. The summed E-state index contributed by atoms with van der Waals surface area (Å²) in [6, 6.07) is 8.72. The van der Waals surface area contributed by atoms with Crippen LogP contribution in [0.4, 0.5) is 13.2 Å². The van der Waals surface area contributed by atoms with Gasteiger partial charge in [-0.15, -0.1) is 0 Å². The lowest BCUT2D eigenvalue weighted by molar-refractivity contribution is -0.207. The van der Waals surface area contributed by atoms with E-state index in [1.807, 2.05) is 12.1 Å². The van der Waals surface area contributed by atoms with Crippen molar-refractivity contribution in [3.05, 3.63) is 60.2 Å². The number of alkyl halides is 3. The van der Waals surface area contributed by atoms with Crippen LogP contribution in [0.2, 0.25) is 0 Å². The van der Waals surface area contributed by atoms with E-state index in [0.29, 0.717) is 16.7 Å². The fraction of sp³-hybridized carbons (Fsp3) is 0.176. The molecule has 2 heterocycles. The summed E-state index contributed by atoms with van der Waals surface area (Å²) in [4.78, 5) is 7.80. The van der Waals surface area contributed by atoms with E-state index in [9.17, 15) is 18.3 Å². The van der Waals surface area contributed by atoms with Crippen LogP contribution in [-0.2, 0) is 0 Å². The Morgan fingerprint density at radius 2 is 1.83 bits per heavy atom. The van der Waals surface area contributed by atoms with Crippen LogP contribution < -0.4 is 0 Å². The number of benzene rings is 1. The molecule has 0 spiro atoms. The monoisotopic (exact) mass is 318 g/mol. The van der Waals surface area contributed by atoms with E-state index in [-0.39, 0.29) is 5.69 Å². The zero-order valence-corrected chi connectivity index (χ0v) is 12.2. The van der Waals surface area contributed by atoms with Gasteiger partial charge in [-0.2, -0.15) is 13.2 Å². The van der Waals surface area contributed by atoms with E-state index < -0.39 is 12.3 Å². The van der Waals surface area contributed by atoms with Gasteiger partial charge in [0.25, 0.3) is 0 Å². The molecule has 0 aliphatic carbocycles. The summed E-state index contributed by atoms with van der Waals surface area (Å²) in [5.74, 6) is 0. The molecule has 1 N–H and O–H groups in total. The second-order valence-electron chi connectivity index (χ2n) is 5.27. The van der Waals surface area contributed by atoms with E-state index in [0.717, 1.165) is 10.8 Å². The predicted molar refractivity (Wildman–Crippen MR) is 80.7 cm³/mol. The molecule has 0 fully saturated rings. The minimum absolute atomic E-state index is 0.295. The lowest BCUT2D eigenvalue weighted by atomic mass is 9.95.